The molecule has 0 aliphatic carbocycles. The van der Waals surface area contributed by atoms with Gasteiger partial charge in [-0.2, -0.15) is 0 Å². The molecule has 0 saturated heterocycles. The lowest BCUT2D eigenvalue weighted by atomic mass is 10.0. The highest BCUT2D eigenvalue weighted by Crippen LogP contribution is 2.22. The van der Waals surface area contributed by atoms with Crippen molar-refractivity contribution < 1.29 is 4.79 Å². The Hall–Kier alpha value is -1.51. The molecule has 0 bridgehead atoms. The SMILES string of the molecule is CC[C@@H](NC(=O)CCc1ccc(Cl)cc1Cl)c1ccccc1. The molecule has 0 aromatic heterocycles. The van der Waals surface area contributed by atoms with Crippen LogP contribution in [-0.2, 0) is 11.2 Å². The highest BCUT2D eigenvalue weighted by molar-refractivity contribution is 6.35. The van der Waals surface area contributed by atoms with Crippen molar-refractivity contribution in [1.29, 1.82) is 0 Å². The lowest BCUT2D eigenvalue weighted by Crippen LogP contribution is -2.28. The van der Waals surface area contributed by atoms with Gasteiger partial charge in [-0.05, 0) is 36.1 Å². The van der Waals surface area contributed by atoms with Crippen LogP contribution in [0.3, 0.4) is 0 Å². The Labute approximate surface area is 141 Å². The fraction of sp³-hybridized carbons (Fsp3) is 0.278. The van der Waals surface area contributed by atoms with Gasteiger partial charge in [0, 0.05) is 16.5 Å². The van der Waals surface area contributed by atoms with Crippen LogP contribution in [0.25, 0.3) is 0 Å². The number of aryl methyl sites for hydroxylation is 1. The Kier molecular flexibility index (Phi) is 6.29. The van der Waals surface area contributed by atoms with Crippen molar-refractivity contribution in [3.8, 4) is 0 Å². The van der Waals surface area contributed by atoms with Crippen molar-refractivity contribution in [2.75, 3.05) is 0 Å². The van der Waals surface area contributed by atoms with Crippen molar-refractivity contribution in [1.82, 2.24) is 5.32 Å². The monoisotopic (exact) mass is 335 g/mol. The first-order valence-electron chi connectivity index (χ1n) is 7.38. The van der Waals surface area contributed by atoms with Gasteiger partial charge in [0.05, 0.1) is 6.04 Å². The molecule has 2 nitrogen and oxygen atoms in total. The van der Waals surface area contributed by atoms with Crippen LogP contribution in [0.1, 0.15) is 36.9 Å². The molecule has 0 aliphatic heterocycles. The zero-order valence-corrected chi connectivity index (χ0v) is 14.0. The molecule has 2 rings (SSSR count). The maximum Gasteiger partial charge on any atom is 0.220 e. The summed E-state index contributed by atoms with van der Waals surface area (Å²) in [5.41, 5.74) is 2.07. The van der Waals surface area contributed by atoms with Crippen LogP contribution in [0.5, 0.6) is 0 Å². The highest BCUT2D eigenvalue weighted by Gasteiger charge is 2.12. The molecule has 0 saturated carbocycles. The minimum absolute atomic E-state index is 0.0294. The van der Waals surface area contributed by atoms with Crippen LogP contribution in [0.2, 0.25) is 10.0 Å². The van der Waals surface area contributed by atoms with E-state index in [-0.39, 0.29) is 11.9 Å². The van der Waals surface area contributed by atoms with Gasteiger partial charge < -0.3 is 5.32 Å². The Balaban J connectivity index is 1.92. The third-order valence-corrected chi connectivity index (χ3v) is 4.17. The van der Waals surface area contributed by atoms with E-state index in [4.69, 9.17) is 23.2 Å². The quantitative estimate of drug-likeness (QED) is 0.772. The summed E-state index contributed by atoms with van der Waals surface area (Å²) in [6.45, 7) is 2.06. The molecule has 2 aromatic rings. The number of rotatable bonds is 6. The van der Waals surface area contributed by atoms with E-state index in [1.165, 1.54) is 0 Å². The number of nitrogens with one attached hydrogen (secondary N) is 1. The number of halogens is 2. The Morgan fingerprint density at radius 3 is 2.50 bits per heavy atom. The summed E-state index contributed by atoms with van der Waals surface area (Å²) in [5.74, 6) is 0.0294. The average Bonchev–Trinajstić information content (AvgIpc) is 2.52. The van der Waals surface area contributed by atoms with E-state index < -0.39 is 0 Å². The summed E-state index contributed by atoms with van der Waals surface area (Å²) in [5, 5.41) is 4.29. The first-order chi connectivity index (χ1) is 10.6. The zero-order chi connectivity index (χ0) is 15.9. The lowest BCUT2D eigenvalue weighted by Gasteiger charge is -2.17. The summed E-state index contributed by atoms with van der Waals surface area (Å²) in [6.07, 6.45) is 1.87. The minimum atomic E-state index is 0.0294. The Bertz CT molecular complexity index is 628. The van der Waals surface area contributed by atoms with E-state index in [0.29, 0.717) is 22.9 Å². The summed E-state index contributed by atoms with van der Waals surface area (Å²) in [4.78, 5) is 12.2. The first kappa shape index (κ1) is 16.9. The fourth-order valence-electron chi connectivity index (χ4n) is 2.35. The molecule has 0 fully saturated rings. The summed E-state index contributed by atoms with van der Waals surface area (Å²) in [7, 11) is 0. The molecule has 0 spiro atoms. The Morgan fingerprint density at radius 2 is 1.86 bits per heavy atom. The van der Waals surface area contributed by atoms with E-state index in [0.717, 1.165) is 17.5 Å². The standard InChI is InChI=1S/C18H19Cl2NO/c1-2-17(14-6-4-3-5-7-14)21-18(22)11-9-13-8-10-15(19)12-16(13)20/h3-8,10,12,17H,2,9,11H2,1H3,(H,21,22)/t17-/m1/s1. The number of hydrogen-bond acceptors (Lipinski definition) is 1. The predicted molar refractivity (Wildman–Crippen MR) is 92.4 cm³/mol. The molecule has 4 heteroatoms. The van der Waals surface area contributed by atoms with Gasteiger partial charge in [0.2, 0.25) is 5.91 Å². The van der Waals surface area contributed by atoms with Gasteiger partial charge in [-0.1, -0.05) is 66.5 Å². The molecular weight excluding hydrogens is 317 g/mol. The molecule has 1 N–H and O–H groups in total. The van der Waals surface area contributed by atoms with Crippen molar-refractivity contribution in [3.63, 3.8) is 0 Å². The number of carbonyl (C=O) groups is 1. The van der Waals surface area contributed by atoms with Crippen molar-refractivity contribution >= 4 is 29.1 Å². The molecule has 0 heterocycles. The van der Waals surface area contributed by atoms with Crippen LogP contribution < -0.4 is 5.32 Å². The largest absolute Gasteiger partial charge is 0.349 e. The molecule has 1 amide bonds. The minimum Gasteiger partial charge on any atom is -0.349 e. The van der Waals surface area contributed by atoms with Crippen LogP contribution in [-0.4, -0.2) is 5.91 Å². The maximum atomic E-state index is 12.2. The van der Waals surface area contributed by atoms with Crippen LogP contribution in [0, 0.1) is 0 Å². The molecule has 0 unspecified atom stereocenters. The van der Waals surface area contributed by atoms with E-state index in [9.17, 15) is 4.79 Å². The van der Waals surface area contributed by atoms with Gasteiger partial charge in [-0.25, -0.2) is 0 Å². The van der Waals surface area contributed by atoms with Gasteiger partial charge in [-0.3, -0.25) is 4.79 Å². The van der Waals surface area contributed by atoms with Crippen molar-refractivity contribution in [3.05, 3.63) is 69.7 Å². The molecule has 116 valence electrons. The third-order valence-electron chi connectivity index (χ3n) is 3.58. The second kappa shape index (κ2) is 8.21. The van der Waals surface area contributed by atoms with Gasteiger partial charge in [0.25, 0.3) is 0 Å². The first-order valence-corrected chi connectivity index (χ1v) is 8.14. The van der Waals surface area contributed by atoms with Crippen LogP contribution in [0.4, 0.5) is 0 Å². The second-order valence-electron chi connectivity index (χ2n) is 5.17. The van der Waals surface area contributed by atoms with E-state index in [1.807, 2.05) is 36.4 Å². The number of amides is 1. The van der Waals surface area contributed by atoms with Crippen molar-refractivity contribution in [2.24, 2.45) is 0 Å². The van der Waals surface area contributed by atoms with Crippen LogP contribution in [0.15, 0.2) is 48.5 Å². The average molecular weight is 336 g/mol. The molecule has 1 atom stereocenters. The normalized spacial score (nSPS) is 12.0. The van der Waals surface area contributed by atoms with Crippen molar-refractivity contribution in [2.45, 2.75) is 32.2 Å². The van der Waals surface area contributed by atoms with E-state index in [1.54, 1.807) is 12.1 Å². The highest BCUT2D eigenvalue weighted by atomic mass is 35.5. The van der Waals surface area contributed by atoms with E-state index >= 15 is 0 Å². The third kappa shape index (κ3) is 4.75. The van der Waals surface area contributed by atoms with Gasteiger partial charge in [-0.15, -0.1) is 0 Å². The van der Waals surface area contributed by atoms with Gasteiger partial charge in [0.1, 0.15) is 0 Å². The molecule has 22 heavy (non-hydrogen) atoms. The molecular formula is C18H19Cl2NO. The second-order valence-corrected chi connectivity index (χ2v) is 6.02. The van der Waals surface area contributed by atoms with Gasteiger partial charge >= 0.3 is 0 Å². The number of hydrogen-bond donors (Lipinski definition) is 1. The summed E-state index contributed by atoms with van der Waals surface area (Å²) < 4.78 is 0. The smallest absolute Gasteiger partial charge is 0.220 e. The maximum absolute atomic E-state index is 12.2. The van der Waals surface area contributed by atoms with E-state index in [2.05, 4.69) is 12.2 Å². The molecule has 0 aliphatic rings. The topological polar surface area (TPSA) is 29.1 Å². The zero-order valence-electron chi connectivity index (χ0n) is 12.5. The lowest BCUT2D eigenvalue weighted by molar-refractivity contribution is -0.121. The Morgan fingerprint density at radius 1 is 1.14 bits per heavy atom. The predicted octanol–water partition coefficient (Wildman–Crippen LogP) is 5.19. The number of carbonyl (C=O) groups excluding carboxylic acids is 1. The van der Waals surface area contributed by atoms with Crippen LogP contribution >= 0.6 is 23.2 Å². The fourth-order valence-corrected chi connectivity index (χ4v) is 2.85. The molecule has 2 aromatic carbocycles. The summed E-state index contributed by atoms with van der Waals surface area (Å²) in [6, 6.07) is 15.4. The summed E-state index contributed by atoms with van der Waals surface area (Å²) >= 11 is 12.0. The molecule has 0 radical (unpaired) electrons. The van der Waals surface area contributed by atoms with Gasteiger partial charge in [0.15, 0.2) is 0 Å². The number of benzene rings is 2.